The number of aryl methyl sites for hydroxylation is 1. The Morgan fingerprint density at radius 3 is 2.55 bits per heavy atom. The summed E-state index contributed by atoms with van der Waals surface area (Å²) in [5.74, 6) is -3.18. The molecule has 1 aliphatic heterocycles. The number of benzene rings is 1. The number of carbonyl (C=O) groups is 3. The molecule has 6 heteroatoms. The minimum atomic E-state index is -1.20. The molecule has 1 heterocycles. The van der Waals surface area contributed by atoms with Crippen LogP contribution in [0.25, 0.3) is 0 Å². The van der Waals surface area contributed by atoms with Gasteiger partial charge in [-0.2, -0.15) is 0 Å². The van der Waals surface area contributed by atoms with Crippen LogP contribution in [-0.2, 0) is 14.4 Å². The Labute approximate surface area is 129 Å². The number of carboxylic acids is 1. The quantitative estimate of drug-likeness (QED) is 0.822. The zero-order valence-corrected chi connectivity index (χ0v) is 12.7. The fraction of sp³-hybridized carbons (Fsp3) is 0.438. The predicted molar refractivity (Wildman–Crippen MR) is 81.5 cm³/mol. The second kappa shape index (κ2) is 6.60. The SMILES string of the molecule is Cc1ccc(N2CCCC(NC(=O)C(C)C(=O)O)C2=O)cc1. The minimum Gasteiger partial charge on any atom is -0.481 e. The van der Waals surface area contributed by atoms with E-state index in [9.17, 15) is 14.4 Å². The number of piperidine rings is 1. The van der Waals surface area contributed by atoms with Crippen molar-refractivity contribution in [1.82, 2.24) is 5.32 Å². The highest BCUT2D eigenvalue weighted by Crippen LogP contribution is 2.21. The molecular formula is C16H20N2O4. The van der Waals surface area contributed by atoms with Crippen LogP contribution in [-0.4, -0.2) is 35.5 Å². The lowest BCUT2D eigenvalue weighted by atomic mass is 10.0. The maximum absolute atomic E-state index is 12.5. The maximum Gasteiger partial charge on any atom is 0.315 e. The van der Waals surface area contributed by atoms with Gasteiger partial charge in [0.2, 0.25) is 11.8 Å². The van der Waals surface area contributed by atoms with Crippen LogP contribution in [0.4, 0.5) is 5.69 Å². The predicted octanol–water partition coefficient (Wildman–Crippen LogP) is 1.33. The molecule has 1 aromatic rings. The minimum absolute atomic E-state index is 0.193. The summed E-state index contributed by atoms with van der Waals surface area (Å²) in [4.78, 5) is 36.8. The Bertz CT molecular complexity index is 582. The normalized spacial score (nSPS) is 19.6. The lowest BCUT2D eigenvalue weighted by Crippen LogP contribution is -2.53. The molecule has 1 fully saturated rings. The summed E-state index contributed by atoms with van der Waals surface area (Å²) in [5, 5.41) is 11.4. The summed E-state index contributed by atoms with van der Waals surface area (Å²) in [6, 6.07) is 6.94. The number of hydrogen-bond donors (Lipinski definition) is 2. The second-order valence-electron chi connectivity index (χ2n) is 5.59. The van der Waals surface area contributed by atoms with Crippen molar-refractivity contribution in [1.29, 1.82) is 0 Å². The van der Waals surface area contributed by atoms with E-state index in [1.54, 1.807) is 4.90 Å². The van der Waals surface area contributed by atoms with Crippen molar-refractivity contribution in [2.24, 2.45) is 5.92 Å². The summed E-state index contributed by atoms with van der Waals surface area (Å²) in [5.41, 5.74) is 1.90. The number of aliphatic carboxylic acids is 1. The van der Waals surface area contributed by atoms with Crippen molar-refractivity contribution < 1.29 is 19.5 Å². The fourth-order valence-corrected chi connectivity index (χ4v) is 2.40. The smallest absolute Gasteiger partial charge is 0.315 e. The molecule has 0 saturated carbocycles. The number of nitrogens with one attached hydrogen (secondary N) is 1. The summed E-state index contributed by atoms with van der Waals surface area (Å²) in [7, 11) is 0. The molecule has 118 valence electrons. The number of nitrogens with zero attached hydrogens (tertiary/aromatic N) is 1. The van der Waals surface area contributed by atoms with E-state index in [0.29, 0.717) is 13.0 Å². The third-order valence-corrected chi connectivity index (χ3v) is 3.86. The third kappa shape index (κ3) is 3.44. The van der Waals surface area contributed by atoms with Gasteiger partial charge in [0.1, 0.15) is 12.0 Å². The van der Waals surface area contributed by atoms with E-state index < -0.39 is 23.8 Å². The van der Waals surface area contributed by atoms with Gasteiger partial charge >= 0.3 is 5.97 Å². The van der Waals surface area contributed by atoms with Crippen LogP contribution in [0.1, 0.15) is 25.3 Å². The maximum atomic E-state index is 12.5. The Morgan fingerprint density at radius 2 is 1.95 bits per heavy atom. The van der Waals surface area contributed by atoms with E-state index in [0.717, 1.165) is 17.7 Å². The largest absolute Gasteiger partial charge is 0.481 e. The first-order valence-electron chi connectivity index (χ1n) is 7.31. The topological polar surface area (TPSA) is 86.7 Å². The third-order valence-electron chi connectivity index (χ3n) is 3.86. The Morgan fingerprint density at radius 1 is 1.32 bits per heavy atom. The van der Waals surface area contributed by atoms with E-state index in [1.165, 1.54) is 6.92 Å². The monoisotopic (exact) mass is 304 g/mol. The lowest BCUT2D eigenvalue weighted by molar-refractivity contribution is -0.147. The first kappa shape index (κ1) is 16.0. The molecule has 2 unspecified atom stereocenters. The number of hydrogen-bond acceptors (Lipinski definition) is 3. The van der Waals surface area contributed by atoms with Crippen LogP contribution in [0.5, 0.6) is 0 Å². The number of amides is 2. The van der Waals surface area contributed by atoms with E-state index >= 15 is 0 Å². The molecule has 0 aromatic heterocycles. The highest BCUT2D eigenvalue weighted by molar-refractivity contribution is 6.02. The number of carbonyl (C=O) groups excluding carboxylic acids is 2. The first-order chi connectivity index (χ1) is 10.4. The van der Waals surface area contributed by atoms with Crippen LogP contribution < -0.4 is 10.2 Å². The van der Waals surface area contributed by atoms with Gasteiger partial charge in [0.15, 0.2) is 0 Å². The van der Waals surface area contributed by atoms with E-state index in [2.05, 4.69) is 5.32 Å². The van der Waals surface area contributed by atoms with Crippen LogP contribution in [0.2, 0.25) is 0 Å². The van der Waals surface area contributed by atoms with Gasteiger partial charge in [-0.25, -0.2) is 0 Å². The van der Waals surface area contributed by atoms with Gasteiger partial charge in [0.05, 0.1) is 0 Å². The Kier molecular flexibility index (Phi) is 4.80. The van der Waals surface area contributed by atoms with Gasteiger partial charge in [-0.15, -0.1) is 0 Å². The molecule has 2 amide bonds. The average Bonchev–Trinajstić information content (AvgIpc) is 2.49. The fourth-order valence-electron chi connectivity index (χ4n) is 2.40. The average molecular weight is 304 g/mol. The molecule has 0 bridgehead atoms. The summed E-state index contributed by atoms with van der Waals surface area (Å²) in [6.07, 6.45) is 1.28. The van der Waals surface area contributed by atoms with Crippen molar-refractivity contribution in [3.63, 3.8) is 0 Å². The van der Waals surface area contributed by atoms with Crippen molar-refractivity contribution in [2.75, 3.05) is 11.4 Å². The summed E-state index contributed by atoms with van der Waals surface area (Å²) in [6.45, 7) is 3.88. The van der Waals surface area contributed by atoms with Crippen LogP contribution in [0.3, 0.4) is 0 Å². The summed E-state index contributed by atoms with van der Waals surface area (Å²) >= 11 is 0. The first-order valence-corrected chi connectivity index (χ1v) is 7.31. The van der Waals surface area contributed by atoms with Crippen LogP contribution in [0, 0.1) is 12.8 Å². The van der Waals surface area contributed by atoms with E-state index in [4.69, 9.17) is 5.11 Å². The highest BCUT2D eigenvalue weighted by atomic mass is 16.4. The Balaban J connectivity index is 2.08. The molecule has 1 aliphatic rings. The van der Waals surface area contributed by atoms with Crippen LogP contribution in [0.15, 0.2) is 24.3 Å². The molecular weight excluding hydrogens is 284 g/mol. The van der Waals surface area contributed by atoms with Gasteiger partial charge in [0.25, 0.3) is 0 Å². The molecule has 22 heavy (non-hydrogen) atoms. The van der Waals surface area contributed by atoms with Crippen molar-refractivity contribution >= 4 is 23.5 Å². The molecule has 2 atom stereocenters. The van der Waals surface area contributed by atoms with Gasteiger partial charge in [0, 0.05) is 12.2 Å². The van der Waals surface area contributed by atoms with Gasteiger partial charge in [-0.05, 0) is 38.8 Å². The van der Waals surface area contributed by atoms with Crippen molar-refractivity contribution in [2.45, 2.75) is 32.7 Å². The molecule has 1 saturated heterocycles. The van der Waals surface area contributed by atoms with Gasteiger partial charge in [-0.3, -0.25) is 14.4 Å². The summed E-state index contributed by atoms with van der Waals surface area (Å²) < 4.78 is 0. The number of carboxylic acid groups (broad SMARTS) is 1. The van der Waals surface area contributed by atoms with Crippen LogP contribution >= 0.6 is 0 Å². The molecule has 6 nitrogen and oxygen atoms in total. The molecule has 2 rings (SSSR count). The Hall–Kier alpha value is -2.37. The van der Waals surface area contributed by atoms with E-state index in [1.807, 2.05) is 31.2 Å². The number of rotatable bonds is 4. The van der Waals surface area contributed by atoms with Gasteiger partial charge in [-0.1, -0.05) is 17.7 Å². The second-order valence-corrected chi connectivity index (χ2v) is 5.59. The van der Waals surface area contributed by atoms with Gasteiger partial charge < -0.3 is 15.3 Å². The van der Waals surface area contributed by atoms with E-state index in [-0.39, 0.29) is 5.91 Å². The molecule has 2 N–H and O–H groups in total. The zero-order valence-electron chi connectivity index (χ0n) is 12.7. The highest BCUT2D eigenvalue weighted by Gasteiger charge is 2.32. The van der Waals surface area contributed by atoms with Crippen molar-refractivity contribution in [3.8, 4) is 0 Å². The lowest BCUT2D eigenvalue weighted by Gasteiger charge is -2.33. The molecule has 0 aliphatic carbocycles. The number of anilines is 1. The molecule has 0 radical (unpaired) electrons. The van der Waals surface area contributed by atoms with Crippen molar-refractivity contribution in [3.05, 3.63) is 29.8 Å². The molecule has 0 spiro atoms. The molecule has 1 aromatic carbocycles. The standard InChI is InChI=1S/C16H20N2O4/c1-10-5-7-12(8-6-10)18-9-3-4-13(15(18)20)17-14(19)11(2)16(21)22/h5-8,11,13H,3-4,9H2,1-2H3,(H,17,19)(H,21,22). The zero-order chi connectivity index (χ0) is 16.3.